The van der Waals surface area contributed by atoms with E-state index in [-0.39, 0.29) is 5.78 Å². The molecule has 0 unspecified atom stereocenters. The third kappa shape index (κ3) is 3.89. The molecule has 0 atom stereocenters. The van der Waals surface area contributed by atoms with Crippen LogP contribution in [-0.4, -0.2) is 12.4 Å². The van der Waals surface area contributed by atoms with Crippen molar-refractivity contribution in [3.8, 4) is 5.75 Å². The van der Waals surface area contributed by atoms with Crippen molar-refractivity contribution in [3.05, 3.63) is 41.5 Å². The largest absolute Gasteiger partial charge is 0.490 e. The van der Waals surface area contributed by atoms with Gasteiger partial charge in [-0.25, -0.2) is 0 Å². The second-order valence-corrected chi connectivity index (χ2v) is 3.89. The number of allylic oxidation sites excluding steroid dienone is 1. The van der Waals surface area contributed by atoms with Crippen LogP contribution in [0.25, 0.3) is 0 Å². The van der Waals surface area contributed by atoms with Gasteiger partial charge in [0.05, 0.1) is 0 Å². The van der Waals surface area contributed by atoms with E-state index < -0.39 is 0 Å². The number of hydrogen-bond acceptors (Lipinski definition) is 2. The number of hydrogen-bond donors (Lipinski definition) is 0. The smallest absolute Gasteiger partial charge is 0.162 e. The van der Waals surface area contributed by atoms with Crippen LogP contribution in [0.1, 0.15) is 37.6 Å². The summed E-state index contributed by atoms with van der Waals surface area (Å²) >= 11 is 0. The SMILES string of the molecule is CCC(=O)c1ccc(OCC=C(C)C)cc1. The quantitative estimate of drug-likeness (QED) is 0.557. The molecular formula is C14H18O2. The number of ketones is 1. The molecule has 0 radical (unpaired) electrons. The minimum Gasteiger partial charge on any atom is -0.490 e. The lowest BCUT2D eigenvalue weighted by Gasteiger charge is -2.04. The van der Waals surface area contributed by atoms with Crippen LogP contribution in [0.2, 0.25) is 0 Å². The fourth-order valence-corrected chi connectivity index (χ4v) is 1.25. The van der Waals surface area contributed by atoms with E-state index in [2.05, 4.69) is 0 Å². The van der Waals surface area contributed by atoms with Gasteiger partial charge in [-0.05, 0) is 44.2 Å². The summed E-state index contributed by atoms with van der Waals surface area (Å²) in [5.74, 6) is 0.959. The predicted molar refractivity (Wildman–Crippen MR) is 66.0 cm³/mol. The van der Waals surface area contributed by atoms with Crippen molar-refractivity contribution in [2.45, 2.75) is 27.2 Å². The van der Waals surface area contributed by atoms with Crippen molar-refractivity contribution in [1.29, 1.82) is 0 Å². The van der Waals surface area contributed by atoms with E-state index in [1.54, 1.807) is 0 Å². The third-order valence-electron chi connectivity index (χ3n) is 2.24. The van der Waals surface area contributed by atoms with E-state index in [1.807, 2.05) is 51.1 Å². The van der Waals surface area contributed by atoms with Crippen molar-refractivity contribution in [2.24, 2.45) is 0 Å². The van der Waals surface area contributed by atoms with Gasteiger partial charge in [0, 0.05) is 12.0 Å². The second kappa shape index (κ2) is 6.11. The average molecular weight is 218 g/mol. The van der Waals surface area contributed by atoms with Crippen LogP contribution in [0.15, 0.2) is 35.9 Å². The number of carbonyl (C=O) groups excluding carboxylic acids is 1. The molecular weight excluding hydrogens is 200 g/mol. The van der Waals surface area contributed by atoms with Crippen LogP contribution < -0.4 is 4.74 Å². The molecule has 0 aliphatic heterocycles. The lowest BCUT2D eigenvalue weighted by atomic mass is 10.1. The van der Waals surface area contributed by atoms with E-state index in [1.165, 1.54) is 5.57 Å². The van der Waals surface area contributed by atoms with Gasteiger partial charge < -0.3 is 4.74 Å². The Bertz CT molecular complexity index is 370. The molecule has 2 heteroatoms. The van der Waals surface area contributed by atoms with Crippen LogP contribution >= 0.6 is 0 Å². The van der Waals surface area contributed by atoms with Crippen LogP contribution in [0.3, 0.4) is 0 Å². The normalized spacial score (nSPS) is 9.69. The van der Waals surface area contributed by atoms with Crippen molar-refractivity contribution < 1.29 is 9.53 Å². The molecule has 1 rings (SSSR count). The first-order chi connectivity index (χ1) is 7.63. The molecule has 86 valence electrons. The number of ether oxygens (including phenoxy) is 1. The summed E-state index contributed by atoms with van der Waals surface area (Å²) in [5, 5.41) is 0. The van der Waals surface area contributed by atoms with Crippen molar-refractivity contribution in [3.63, 3.8) is 0 Å². The van der Waals surface area contributed by atoms with Crippen molar-refractivity contribution >= 4 is 5.78 Å². The maximum atomic E-state index is 11.4. The fraction of sp³-hybridized carbons (Fsp3) is 0.357. The van der Waals surface area contributed by atoms with Gasteiger partial charge in [-0.3, -0.25) is 4.79 Å². The second-order valence-electron chi connectivity index (χ2n) is 3.89. The number of Topliss-reactive ketones (excluding diaryl/α,β-unsaturated/α-hetero) is 1. The molecule has 2 nitrogen and oxygen atoms in total. The molecule has 0 saturated carbocycles. The van der Waals surface area contributed by atoms with Gasteiger partial charge in [0.2, 0.25) is 0 Å². The molecule has 0 N–H and O–H groups in total. The molecule has 0 fully saturated rings. The van der Waals surface area contributed by atoms with E-state index in [9.17, 15) is 4.79 Å². The zero-order valence-corrected chi connectivity index (χ0v) is 10.1. The Morgan fingerprint density at radius 2 is 1.88 bits per heavy atom. The van der Waals surface area contributed by atoms with Gasteiger partial charge in [0.1, 0.15) is 12.4 Å². The van der Waals surface area contributed by atoms with Gasteiger partial charge in [-0.1, -0.05) is 12.5 Å². The summed E-state index contributed by atoms with van der Waals surface area (Å²) in [6, 6.07) is 7.29. The minimum atomic E-state index is 0.163. The zero-order chi connectivity index (χ0) is 12.0. The molecule has 1 aromatic rings. The number of benzene rings is 1. The van der Waals surface area contributed by atoms with E-state index >= 15 is 0 Å². The Kier molecular flexibility index (Phi) is 4.77. The first-order valence-electron chi connectivity index (χ1n) is 5.53. The molecule has 16 heavy (non-hydrogen) atoms. The van der Waals surface area contributed by atoms with Crippen molar-refractivity contribution in [1.82, 2.24) is 0 Å². The van der Waals surface area contributed by atoms with Crippen LogP contribution in [0, 0.1) is 0 Å². The Balaban J connectivity index is 2.58. The lowest BCUT2D eigenvalue weighted by molar-refractivity contribution is 0.0988. The molecule has 1 aromatic carbocycles. The predicted octanol–water partition coefficient (Wildman–Crippen LogP) is 3.62. The topological polar surface area (TPSA) is 26.3 Å². The highest BCUT2D eigenvalue weighted by atomic mass is 16.5. The Morgan fingerprint density at radius 3 is 2.38 bits per heavy atom. The highest BCUT2D eigenvalue weighted by Crippen LogP contribution is 2.13. The van der Waals surface area contributed by atoms with E-state index in [0.29, 0.717) is 13.0 Å². The highest BCUT2D eigenvalue weighted by Gasteiger charge is 2.02. The number of rotatable bonds is 5. The van der Waals surface area contributed by atoms with Gasteiger partial charge in [-0.15, -0.1) is 0 Å². The van der Waals surface area contributed by atoms with Gasteiger partial charge in [0.15, 0.2) is 5.78 Å². The average Bonchev–Trinajstić information content (AvgIpc) is 2.28. The van der Waals surface area contributed by atoms with Crippen LogP contribution in [-0.2, 0) is 0 Å². The highest BCUT2D eigenvalue weighted by molar-refractivity contribution is 5.95. The fourth-order valence-electron chi connectivity index (χ4n) is 1.25. The van der Waals surface area contributed by atoms with Gasteiger partial charge in [-0.2, -0.15) is 0 Å². The van der Waals surface area contributed by atoms with Crippen LogP contribution in [0.4, 0.5) is 0 Å². The van der Waals surface area contributed by atoms with E-state index in [0.717, 1.165) is 11.3 Å². The molecule has 0 aromatic heterocycles. The third-order valence-corrected chi connectivity index (χ3v) is 2.24. The molecule has 0 saturated heterocycles. The summed E-state index contributed by atoms with van der Waals surface area (Å²) in [7, 11) is 0. The Labute approximate surface area is 96.9 Å². The molecule has 0 amide bonds. The molecule has 0 spiro atoms. The maximum absolute atomic E-state index is 11.4. The first-order valence-corrected chi connectivity index (χ1v) is 5.53. The summed E-state index contributed by atoms with van der Waals surface area (Å²) in [4.78, 5) is 11.4. The Morgan fingerprint density at radius 1 is 1.25 bits per heavy atom. The van der Waals surface area contributed by atoms with Gasteiger partial charge in [0.25, 0.3) is 0 Å². The molecule has 0 aliphatic rings. The summed E-state index contributed by atoms with van der Waals surface area (Å²) in [6.45, 7) is 6.50. The summed E-state index contributed by atoms with van der Waals surface area (Å²) in [5.41, 5.74) is 1.98. The van der Waals surface area contributed by atoms with Crippen LogP contribution in [0.5, 0.6) is 5.75 Å². The minimum absolute atomic E-state index is 0.163. The Hall–Kier alpha value is -1.57. The monoisotopic (exact) mass is 218 g/mol. The first kappa shape index (κ1) is 12.5. The molecule has 0 bridgehead atoms. The summed E-state index contributed by atoms with van der Waals surface area (Å²) in [6.07, 6.45) is 2.56. The number of carbonyl (C=O) groups is 1. The van der Waals surface area contributed by atoms with Crippen molar-refractivity contribution in [2.75, 3.05) is 6.61 Å². The summed E-state index contributed by atoms with van der Waals surface area (Å²) < 4.78 is 5.50. The molecule has 0 aliphatic carbocycles. The van der Waals surface area contributed by atoms with E-state index in [4.69, 9.17) is 4.74 Å². The van der Waals surface area contributed by atoms with Gasteiger partial charge >= 0.3 is 0 Å². The zero-order valence-electron chi connectivity index (χ0n) is 10.1. The lowest BCUT2D eigenvalue weighted by Crippen LogP contribution is -1.97. The standard InChI is InChI=1S/C14H18O2/c1-4-14(15)12-5-7-13(8-6-12)16-10-9-11(2)3/h5-9H,4,10H2,1-3H3. The molecule has 0 heterocycles. The maximum Gasteiger partial charge on any atom is 0.162 e.